The van der Waals surface area contributed by atoms with E-state index in [1.165, 1.54) is 12.1 Å². The van der Waals surface area contributed by atoms with E-state index in [0.29, 0.717) is 34.5 Å². The summed E-state index contributed by atoms with van der Waals surface area (Å²) in [6, 6.07) is 7.93. The average molecular weight is 621 g/mol. The Morgan fingerprint density at radius 2 is 1.88 bits per heavy atom. The number of nitrogens with one attached hydrogen (secondary N) is 2. The summed E-state index contributed by atoms with van der Waals surface area (Å²) in [5, 5.41) is 10.3. The lowest BCUT2D eigenvalue weighted by Crippen LogP contribution is -2.24. The predicted molar refractivity (Wildman–Crippen MR) is 140 cm³/mol. The number of carbonyl (C=O) groups excluding carboxylic acids is 1. The number of amides is 1. The summed E-state index contributed by atoms with van der Waals surface area (Å²) in [5.74, 6) is 3.41. The van der Waals surface area contributed by atoms with Crippen molar-refractivity contribution in [1.82, 2.24) is 15.3 Å². The molecule has 0 unspecified atom stereocenters. The fourth-order valence-corrected chi connectivity index (χ4v) is 3.65. The van der Waals surface area contributed by atoms with Gasteiger partial charge in [0.1, 0.15) is 17.3 Å². The minimum atomic E-state index is -5.08. The van der Waals surface area contributed by atoms with E-state index in [1.54, 1.807) is 18.2 Å². The number of carboxylic acid groups (broad SMARTS) is 1. The number of hydrogen-bond acceptors (Lipinski definition) is 4. The summed E-state index contributed by atoms with van der Waals surface area (Å²) in [6.07, 6.45) is -2.28. The number of benzene rings is 2. The van der Waals surface area contributed by atoms with Gasteiger partial charge in [0.25, 0.3) is 5.91 Å². The van der Waals surface area contributed by atoms with Crippen molar-refractivity contribution < 1.29 is 37.0 Å². The number of nitrogens with zero attached hydrogens (tertiary/aromatic N) is 1. The van der Waals surface area contributed by atoms with Gasteiger partial charge in [-0.2, -0.15) is 13.2 Å². The monoisotopic (exact) mass is 619 g/mol. The Bertz CT molecular complexity index is 1480. The zero-order chi connectivity index (χ0) is 29.6. The van der Waals surface area contributed by atoms with Crippen LogP contribution in [0, 0.1) is 23.6 Å². The molecule has 1 aliphatic carbocycles. The normalized spacial score (nSPS) is 12.5. The van der Waals surface area contributed by atoms with E-state index in [9.17, 15) is 18.0 Å². The number of aliphatic carboxylic acids is 1. The van der Waals surface area contributed by atoms with Crippen LogP contribution in [0.25, 0.3) is 0 Å². The van der Waals surface area contributed by atoms with Gasteiger partial charge in [0.2, 0.25) is 0 Å². The summed E-state index contributed by atoms with van der Waals surface area (Å²) < 4.78 is 52.7. The van der Waals surface area contributed by atoms with E-state index < -0.39 is 23.9 Å². The molecule has 1 aliphatic rings. The molecule has 3 N–H and O–H groups in total. The van der Waals surface area contributed by atoms with Crippen LogP contribution in [0.1, 0.15) is 47.2 Å². The number of carboxylic acids is 1. The molecule has 0 bridgehead atoms. The second-order valence-electron chi connectivity index (χ2n) is 8.36. The van der Waals surface area contributed by atoms with Crippen LogP contribution in [0.4, 0.5) is 17.6 Å². The van der Waals surface area contributed by atoms with Crippen LogP contribution in [0.3, 0.4) is 0 Å². The Hall–Kier alpha value is -3.46. The minimum Gasteiger partial charge on any atom is -0.475 e. The molecular weight excluding hydrogens is 601 g/mol. The van der Waals surface area contributed by atoms with Gasteiger partial charge in [-0.25, -0.2) is 14.2 Å². The SMILES string of the molecule is CCc1nc(Cl)c(C(=O)NCc2ccc(Cl)c(Oc3cc(Cl)cc(C#CC4CC4)c3)c2F)[nH]1.O=C(O)C(F)(F)F. The first kappa shape index (κ1) is 31.1. The van der Waals surface area contributed by atoms with Gasteiger partial charge in [-0.05, 0) is 37.1 Å². The standard InChI is InChI=1S/C24H19Cl3FN3O2.C2HF3O2/c1-2-19-30-21(23(27)31-19)24(32)29-12-15-7-8-18(26)22(20(15)28)33-17-10-14(9-16(25)11-17)6-5-13-3-4-13;3-2(4,5)1(6)7/h7-11,13H,2-4,12H2,1H3,(H,29,32)(H,30,31);(H,6,7). The van der Waals surface area contributed by atoms with Gasteiger partial charge in [0, 0.05) is 35.0 Å². The Morgan fingerprint density at radius 3 is 2.45 bits per heavy atom. The maximum atomic E-state index is 15.2. The molecule has 40 heavy (non-hydrogen) atoms. The highest BCUT2D eigenvalue weighted by Gasteiger charge is 2.38. The molecule has 1 saturated carbocycles. The molecular formula is C26H20Cl3F4N3O4. The van der Waals surface area contributed by atoms with Gasteiger partial charge in [-0.1, -0.05) is 59.6 Å². The first-order valence-electron chi connectivity index (χ1n) is 11.6. The molecule has 0 spiro atoms. The Morgan fingerprint density at radius 1 is 1.20 bits per heavy atom. The molecule has 7 nitrogen and oxygen atoms in total. The third kappa shape index (κ3) is 8.78. The molecule has 3 aromatic rings. The van der Waals surface area contributed by atoms with Crippen molar-refractivity contribution in [1.29, 1.82) is 0 Å². The van der Waals surface area contributed by atoms with Crippen molar-refractivity contribution in [3.05, 3.63) is 74.0 Å². The first-order valence-corrected chi connectivity index (χ1v) is 12.7. The molecule has 1 fully saturated rings. The zero-order valence-electron chi connectivity index (χ0n) is 20.6. The molecule has 212 valence electrons. The van der Waals surface area contributed by atoms with E-state index in [2.05, 4.69) is 27.1 Å². The molecule has 0 radical (unpaired) electrons. The lowest BCUT2D eigenvalue weighted by molar-refractivity contribution is -0.192. The number of H-pyrrole nitrogens is 1. The average Bonchev–Trinajstić information content (AvgIpc) is 3.63. The molecule has 14 heteroatoms. The number of imidazole rings is 1. The predicted octanol–water partition coefficient (Wildman–Crippen LogP) is 7.19. The number of aromatic nitrogens is 2. The summed E-state index contributed by atoms with van der Waals surface area (Å²) in [6.45, 7) is 1.77. The van der Waals surface area contributed by atoms with Gasteiger partial charge in [0.15, 0.2) is 16.7 Å². The van der Waals surface area contributed by atoms with Crippen LogP contribution < -0.4 is 10.1 Å². The molecule has 0 aliphatic heterocycles. The maximum Gasteiger partial charge on any atom is 0.490 e. The lowest BCUT2D eigenvalue weighted by atomic mass is 10.2. The topological polar surface area (TPSA) is 104 Å². The van der Waals surface area contributed by atoms with Crippen LogP contribution in [0.15, 0.2) is 30.3 Å². The number of aromatic amines is 1. The van der Waals surface area contributed by atoms with Gasteiger partial charge in [-0.3, -0.25) is 4.79 Å². The minimum absolute atomic E-state index is 0.0616. The third-order valence-corrected chi connectivity index (χ3v) is 5.96. The van der Waals surface area contributed by atoms with Crippen LogP contribution in [0.5, 0.6) is 11.5 Å². The second kappa shape index (κ2) is 13.3. The van der Waals surface area contributed by atoms with E-state index in [-0.39, 0.29) is 33.7 Å². The van der Waals surface area contributed by atoms with Crippen molar-refractivity contribution >= 4 is 46.7 Å². The summed E-state index contributed by atoms with van der Waals surface area (Å²) >= 11 is 18.4. The van der Waals surface area contributed by atoms with Crippen LogP contribution in [-0.4, -0.2) is 33.1 Å². The van der Waals surface area contributed by atoms with E-state index >= 15 is 4.39 Å². The van der Waals surface area contributed by atoms with Crippen molar-refractivity contribution in [3.63, 3.8) is 0 Å². The number of carbonyl (C=O) groups is 2. The number of rotatable bonds is 6. The fraction of sp³-hybridized carbons (Fsp3) is 0.269. The highest BCUT2D eigenvalue weighted by atomic mass is 35.5. The van der Waals surface area contributed by atoms with Crippen molar-refractivity contribution in [2.24, 2.45) is 5.92 Å². The number of hydrogen-bond donors (Lipinski definition) is 3. The van der Waals surface area contributed by atoms with E-state index in [4.69, 9.17) is 49.4 Å². The molecule has 2 aromatic carbocycles. The van der Waals surface area contributed by atoms with Crippen molar-refractivity contribution in [2.75, 3.05) is 0 Å². The fourth-order valence-electron chi connectivity index (χ4n) is 3.01. The Labute approximate surface area is 240 Å². The van der Waals surface area contributed by atoms with Gasteiger partial charge in [0.05, 0.1) is 5.02 Å². The van der Waals surface area contributed by atoms with E-state index in [1.807, 2.05) is 6.92 Å². The summed E-state index contributed by atoms with van der Waals surface area (Å²) in [5.41, 5.74) is 0.982. The lowest BCUT2D eigenvalue weighted by Gasteiger charge is -2.13. The van der Waals surface area contributed by atoms with E-state index in [0.717, 1.165) is 12.8 Å². The smallest absolute Gasteiger partial charge is 0.475 e. The largest absolute Gasteiger partial charge is 0.490 e. The maximum absolute atomic E-state index is 15.2. The van der Waals surface area contributed by atoms with Crippen molar-refractivity contribution in [3.8, 4) is 23.3 Å². The van der Waals surface area contributed by atoms with Gasteiger partial charge < -0.3 is 20.1 Å². The van der Waals surface area contributed by atoms with Gasteiger partial charge in [-0.15, -0.1) is 0 Å². The van der Waals surface area contributed by atoms with Crippen LogP contribution in [-0.2, 0) is 17.8 Å². The third-order valence-electron chi connectivity index (χ3n) is 5.17. The van der Waals surface area contributed by atoms with Crippen molar-refractivity contribution in [2.45, 2.75) is 38.9 Å². The molecule has 1 amide bonds. The van der Waals surface area contributed by atoms with Crippen LogP contribution in [0.2, 0.25) is 15.2 Å². The molecule has 4 rings (SSSR count). The Balaban J connectivity index is 0.000000559. The first-order chi connectivity index (χ1) is 18.8. The van der Waals surface area contributed by atoms with Crippen LogP contribution >= 0.6 is 34.8 Å². The number of halogens is 7. The number of alkyl halides is 3. The zero-order valence-corrected chi connectivity index (χ0v) is 22.8. The summed E-state index contributed by atoms with van der Waals surface area (Å²) in [7, 11) is 0. The molecule has 0 atom stereocenters. The molecule has 0 saturated heterocycles. The highest BCUT2D eigenvalue weighted by molar-refractivity contribution is 6.32. The number of aryl methyl sites for hydroxylation is 1. The quantitative estimate of drug-likeness (QED) is 0.200. The number of ether oxygens (including phenoxy) is 1. The molecule has 1 heterocycles. The molecule has 1 aromatic heterocycles. The second-order valence-corrected chi connectivity index (χ2v) is 9.56. The highest BCUT2D eigenvalue weighted by Crippen LogP contribution is 2.35. The Kier molecular flexibility index (Phi) is 10.3. The van der Waals surface area contributed by atoms with Gasteiger partial charge >= 0.3 is 12.1 Å². The summed E-state index contributed by atoms with van der Waals surface area (Å²) in [4.78, 5) is 28.2.